The number of carbonyl (C=O) groups is 2. The monoisotopic (exact) mass is 419 g/mol. The van der Waals surface area contributed by atoms with Crippen LogP contribution in [0.4, 0.5) is 5.69 Å². The Morgan fingerprint density at radius 1 is 1.07 bits per heavy atom. The van der Waals surface area contributed by atoms with Crippen LogP contribution < -0.4 is 24.3 Å². The summed E-state index contributed by atoms with van der Waals surface area (Å²) in [6, 6.07) is 8.32. The highest BCUT2D eigenvalue weighted by atomic mass is 35.5. The van der Waals surface area contributed by atoms with E-state index in [1.807, 2.05) is 0 Å². The molecule has 8 nitrogen and oxygen atoms in total. The van der Waals surface area contributed by atoms with Gasteiger partial charge in [0.2, 0.25) is 6.79 Å². The van der Waals surface area contributed by atoms with Gasteiger partial charge in [-0.3, -0.25) is 9.59 Å². The molecule has 1 unspecified atom stereocenters. The van der Waals surface area contributed by atoms with Gasteiger partial charge in [0.05, 0.1) is 11.4 Å². The highest BCUT2D eigenvalue weighted by molar-refractivity contribution is 6.32. The Morgan fingerprint density at radius 3 is 2.72 bits per heavy atom. The molecule has 2 heterocycles. The van der Waals surface area contributed by atoms with E-state index < -0.39 is 18.0 Å². The molecule has 152 valence electrons. The van der Waals surface area contributed by atoms with Crippen molar-refractivity contribution in [1.82, 2.24) is 0 Å². The van der Waals surface area contributed by atoms with Crippen LogP contribution in [-0.2, 0) is 20.7 Å². The second-order valence-corrected chi connectivity index (χ2v) is 6.88. The van der Waals surface area contributed by atoms with Crippen molar-refractivity contribution in [2.75, 3.05) is 25.3 Å². The highest BCUT2D eigenvalue weighted by Crippen LogP contribution is 2.38. The molecule has 2 aliphatic heterocycles. The van der Waals surface area contributed by atoms with Gasteiger partial charge < -0.3 is 29.0 Å². The first-order valence-electron chi connectivity index (χ1n) is 8.97. The van der Waals surface area contributed by atoms with Crippen LogP contribution in [-0.4, -0.2) is 38.0 Å². The lowest BCUT2D eigenvalue weighted by Crippen LogP contribution is -2.30. The van der Waals surface area contributed by atoms with Crippen molar-refractivity contribution in [3.63, 3.8) is 0 Å². The fourth-order valence-electron chi connectivity index (χ4n) is 2.94. The summed E-state index contributed by atoms with van der Waals surface area (Å²) in [5.41, 5.74) is 1.12. The van der Waals surface area contributed by atoms with Gasteiger partial charge in [0, 0.05) is 11.8 Å². The lowest BCUT2D eigenvalue weighted by atomic mass is 10.1. The molecule has 0 bridgehead atoms. The predicted octanol–water partition coefficient (Wildman–Crippen LogP) is 2.95. The van der Waals surface area contributed by atoms with E-state index in [0.29, 0.717) is 52.5 Å². The molecule has 0 saturated heterocycles. The highest BCUT2D eigenvalue weighted by Gasteiger charge is 2.22. The summed E-state index contributed by atoms with van der Waals surface area (Å²) in [5.74, 6) is 1.08. The number of esters is 1. The van der Waals surface area contributed by atoms with E-state index in [1.54, 1.807) is 30.3 Å². The fourth-order valence-corrected chi connectivity index (χ4v) is 3.23. The molecule has 0 saturated carbocycles. The minimum atomic E-state index is -0.986. The molecule has 1 N–H and O–H groups in total. The molecule has 1 amide bonds. The van der Waals surface area contributed by atoms with Gasteiger partial charge in [0.25, 0.3) is 5.91 Å². The van der Waals surface area contributed by atoms with Crippen molar-refractivity contribution in [1.29, 1.82) is 0 Å². The van der Waals surface area contributed by atoms with Crippen molar-refractivity contribution < 1.29 is 33.3 Å². The van der Waals surface area contributed by atoms with Gasteiger partial charge in [-0.15, -0.1) is 0 Å². The number of anilines is 1. The Balaban J connectivity index is 1.34. The third-order valence-electron chi connectivity index (χ3n) is 4.32. The molecule has 0 fully saturated rings. The third-order valence-corrected chi connectivity index (χ3v) is 4.60. The van der Waals surface area contributed by atoms with Crippen molar-refractivity contribution in [3.8, 4) is 23.0 Å². The average molecular weight is 420 g/mol. The normalized spacial score (nSPS) is 14.8. The van der Waals surface area contributed by atoms with E-state index in [4.69, 9.17) is 35.3 Å². The Kier molecular flexibility index (Phi) is 5.35. The van der Waals surface area contributed by atoms with Gasteiger partial charge in [-0.25, -0.2) is 0 Å². The molecule has 0 aromatic heterocycles. The second kappa shape index (κ2) is 8.08. The molecular weight excluding hydrogens is 402 g/mol. The lowest BCUT2D eigenvalue weighted by molar-refractivity contribution is -0.152. The van der Waals surface area contributed by atoms with Crippen LogP contribution in [0.2, 0.25) is 5.02 Å². The average Bonchev–Trinajstić information content (AvgIpc) is 3.15. The Labute approximate surface area is 171 Å². The van der Waals surface area contributed by atoms with Gasteiger partial charge in [-0.2, -0.15) is 0 Å². The van der Waals surface area contributed by atoms with Crippen LogP contribution >= 0.6 is 11.6 Å². The number of halogens is 1. The molecule has 0 aliphatic carbocycles. The maximum absolute atomic E-state index is 12.3. The Morgan fingerprint density at radius 2 is 1.86 bits per heavy atom. The smallest absolute Gasteiger partial charge is 0.311 e. The maximum Gasteiger partial charge on any atom is 0.311 e. The summed E-state index contributed by atoms with van der Waals surface area (Å²) in [6.45, 7) is 2.47. The van der Waals surface area contributed by atoms with Crippen molar-refractivity contribution in [3.05, 3.63) is 40.9 Å². The van der Waals surface area contributed by atoms with Crippen LogP contribution in [0.15, 0.2) is 30.3 Å². The van der Waals surface area contributed by atoms with Crippen molar-refractivity contribution in [2.24, 2.45) is 0 Å². The summed E-state index contributed by atoms with van der Waals surface area (Å²) in [5, 5.41) is 3.04. The molecule has 2 aromatic carbocycles. The number of hydrogen-bond acceptors (Lipinski definition) is 7. The quantitative estimate of drug-likeness (QED) is 0.745. The number of hydrogen-bond donors (Lipinski definition) is 1. The predicted molar refractivity (Wildman–Crippen MR) is 103 cm³/mol. The Bertz CT molecular complexity index is 962. The number of benzene rings is 2. The zero-order valence-corrected chi connectivity index (χ0v) is 16.3. The molecule has 4 rings (SSSR count). The number of fused-ring (bicyclic) bond motifs is 2. The van der Waals surface area contributed by atoms with Gasteiger partial charge in [0.1, 0.15) is 13.2 Å². The van der Waals surface area contributed by atoms with E-state index >= 15 is 0 Å². The van der Waals surface area contributed by atoms with Gasteiger partial charge >= 0.3 is 5.97 Å². The van der Waals surface area contributed by atoms with Crippen LogP contribution in [0.3, 0.4) is 0 Å². The zero-order valence-electron chi connectivity index (χ0n) is 15.5. The number of carbonyl (C=O) groups excluding carboxylic acids is 2. The molecule has 0 spiro atoms. The van der Waals surface area contributed by atoms with Crippen LogP contribution in [0.25, 0.3) is 0 Å². The van der Waals surface area contributed by atoms with Crippen LogP contribution in [0.1, 0.15) is 12.5 Å². The van der Waals surface area contributed by atoms with Crippen LogP contribution in [0, 0.1) is 0 Å². The first-order chi connectivity index (χ1) is 14.0. The number of nitrogens with one attached hydrogen (secondary N) is 1. The molecule has 1 atom stereocenters. The fraction of sp³-hybridized carbons (Fsp3) is 0.300. The van der Waals surface area contributed by atoms with E-state index in [1.165, 1.54) is 6.92 Å². The maximum atomic E-state index is 12.3. The third kappa shape index (κ3) is 4.32. The molecule has 2 aromatic rings. The summed E-state index contributed by atoms with van der Waals surface area (Å²) < 4.78 is 26.7. The standard InChI is InChI=1S/C20H18ClNO7/c1-11(20(24)22-13-2-3-15-16(9-13)28-10-27-15)29-18(23)8-12-6-14(21)19-17(7-12)25-4-5-26-19/h2-3,6-7,9,11H,4-5,8,10H2,1H3,(H,22,24). The molecule has 0 radical (unpaired) electrons. The number of ether oxygens (including phenoxy) is 5. The lowest BCUT2D eigenvalue weighted by Gasteiger charge is -2.20. The zero-order chi connectivity index (χ0) is 20.4. The van der Waals surface area contributed by atoms with E-state index in [-0.39, 0.29) is 13.2 Å². The van der Waals surface area contributed by atoms with Crippen LogP contribution in [0.5, 0.6) is 23.0 Å². The van der Waals surface area contributed by atoms with Gasteiger partial charge in [0.15, 0.2) is 29.1 Å². The van der Waals surface area contributed by atoms with Gasteiger partial charge in [-0.1, -0.05) is 11.6 Å². The summed E-state index contributed by atoms with van der Waals surface area (Å²) >= 11 is 6.18. The Hall–Kier alpha value is -3.13. The van der Waals surface area contributed by atoms with E-state index in [9.17, 15) is 9.59 Å². The summed E-state index contributed by atoms with van der Waals surface area (Å²) in [7, 11) is 0. The molecule has 29 heavy (non-hydrogen) atoms. The summed E-state index contributed by atoms with van der Waals surface area (Å²) in [6.07, 6.45) is -1.04. The minimum absolute atomic E-state index is 0.0575. The summed E-state index contributed by atoms with van der Waals surface area (Å²) in [4.78, 5) is 24.6. The van der Waals surface area contributed by atoms with E-state index in [0.717, 1.165) is 0 Å². The van der Waals surface area contributed by atoms with Gasteiger partial charge in [-0.05, 0) is 36.8 Å². The molecule has 9 heteroatoms. The SMILES string of the molecule is CC(OC(=O)Cc1cc(Cl)c2c(c1)OCCO2)C(=O)Nc1ccc2c(c1)OCO2. The minimum Gasteiger partial charge on any atom is -0.486 e. The van der Waals surface area contributed by atoms with Crippen molar-refractivity contribution >= 4 is 29.2 Å². The molecule has 2 aliphatic rings. The number of amides is 1. The largest absolute Gasteiger partial charge is 0.486 e. The van der Waals surface area contributed by atoms with Crippen molar-refractivity contribution in [2.45, 2.75) is 19.4 Å². The van der Waals surface area contributed by atoms with E-state index in [2.05, 4.69) is 5.32 Å². The topological polar surface area (TPSA) is 92.3 Å². The first-order valence-corrected chi connectivity index (χ1v) is 9.35. The number of rotatable bonds is 5. The first kappa shape index (κ1) is 19.2. The molecular formula is C20H18ClNO7. The second-order valence-electron chi connectivity index (χ2n) is 6.47.